The summed E-state index contributed by atoms with van der Waals surface area (Å²) >= 11 is 0. The first kappa shape index (κ1) is 13.0. The number of hydrogen-bond acceptors (Lipinski definition) is 6. The van der Waals surface area contributed by atoms with Crippen LogP contribution in [0.2, 0.25) is 0 Å². The zero-order chi connectivity index (χ0) is 15.0. The van der Waals surface area contributed by atoms with E-state index in [2.05, 4.69) is 25.0 Å². The third-order valence-electron chi connectivity index (χ3n) is 2.51. The molecule has 0 aliphatic heterocycles. The number of nitrogen functional groups attached to an aromatic ring is 1. The van der Waals surface area contributed by atoms with Crippen molar-refractivity contribution in [2.24, 2.45) is 0 Å². The van der Waals surface area contributed by atoms with Gasteiger partial charge in [0.2, 0.25) is 5.95 Å². The van der Waals surface area contributed by atoms with E-state index in [0.717, 1.165) is 12.1 Å². The molecule has 0 radical (unpaired) electrons. The summed E-state index contributed by atoms with van der Waals surface area (Å²) in [6.07, 6.45) is 2.56. The second-order valence-electron chi connectivity index (χ2n) is 3.91. The van der Waals surface area contributed by atoms with Crippen LogP contribution >= 0.6 is 0 Å². The fourth-order valence-electron chi connectivity index (χ4n) is 1.61. The molecular formula is C11H6F3N7. The van der Waals surface area contributed by atoms with Crippen LogP contribution in [-0.2, 0) is 0 Å². The Morgan fingerprint density at radius 1 is 1.00 bits per heavy atom. The number of halogens is 3. The molecule has 21 heavy (non-hydrogen) atoms. The van der Waals surface area contributed by atoms with E-state index < -0.39 is 17.5 Å². The molecule has 10 heteroatoms. The lowest BCUT2D eigenvalue weighted by atomic mass is 10.2. The molecule has 2 N–H and O–H groups in total. The molecule has 1 aromatic carbocycles. The van der Waals surface area contributed by atoms with Crippen LogP contribution in [0, 0.1) is 17.5 Å². The van der Waals surface area contributed by atoms with Gasteiger partial charge in [-0.05, 0) is 12.1 Å². The first-order valence-electron chi connectivity index (χ1n) is 5.56. The van der Waals surface area contributed by atoms with Crippen molar-refractivity contribution in [2.45, 2.75) is 0 Å². The molecule has 7 nitrogen and oxygen atoms in total. The molecule has 3 rings (SSSR count). The largest absolute Gasteiger partial charge is 0.368 e. The van der Waals surface area contributed by atoms with Crippen molar-refractivity contribution >= 4 is 5.95 Å². The molecule has 0 aliphatic carbocycles. The summed E-state index contributed by atoms with van der Waals surface area (Å²) in [7, 11) is 0. The molecule has 2 heterocycles. The van der Waals surface area contributed by atoms with Crippen LogP contribution in [-0.4, -0.2) is 29.7 Å². The van der Waals surface area contributed by atoms with Crippen molar-refractivity contribution in [2.75, 3.05) is 5.73 Å². The van der Waals surface area contributed by atoms with Crippen molar-refractivity contribution in [3.8, 4) is 17.3 Å². The Labute approximate surface area is 115 Å². The Morgan fingerprint density at radius 2 is 1.71 bits per heavy atom. The van der Waals surface area contributed by atoms with Gasteiger partial charge in [0.25, 0.3) is 5.95 Å². The topological polar surface area (TPSA) is 95.4 Å². The van der Waals surface area contributed by atoms with Crippen LogP contribution in [0.5, 0.6) is 0 Å². The summed E-state index contributed by atoms with van der Waals surface area (Å²) in [5, 5.41) is 3.80. The molecule has 0 spiro atoms. The zero-order valence-electron chi connectivity index (χ0n) is 10.2. The molecule has 106 valence electrons. The summed E-state index contributed by atoms with van der Waals surface area (Å²) < 4.78 is 40.7. The number of nitrogens with zero attached hydrogens (tertiary/aromatic N) is 6. The Hall–Kier alpha value is -3.04. The molecule has 0 amide bonds. The molecule has 3 aromatic rings. The van der Waals surface area contributed by atoms with Gasteiger partial charge in [0.1, 0.15) is 12.7 Å². The Bertz CT molecular complexity index is 781. The van der Waals surface area contributed by atoms with Gasteiger partial charge in [0, 0.05) is 5.56 Å². The second-order valence-corrected chi connectivity index (χ2v) is 3.91. The SMILES string of the molecule is Nc1nc(-c2cc(F)c(F)c(F)c2)nc(-n2cncn2)n1. The minimum Gasteiger partial charge on any atom is -0.368 e. The van der Waals surface area contributed by atoms with Crippen LogP contribution in [0.3, 0.4) is 0 Å². The number of rotatable bonds is 2. The first-order chi connectivity index (χ1) is 10.0. The lowest BCUT2D eigenvalue weighted by Gasteiger charge is -2.05. The Morgan fingerprint density at radius 3 is 2.33 bits per heavy atom. The van der Waals surface area contributed by atoms with Crippen molar-refractivity contribution in [3.63, 3.8) is 0 Å². The predicted octanol–water partition coefficient (Wildman–Crippen LogP) is 1.12. The maximum atomic E-state index is 13.3. The van der Waals surface area contributed by atoms with Crippen molar-refractivity contribution < 1.29 is 13.2 Å². The van der Waals surface area contributed by atoms with Gasteiger partial charge in [-0.1, -0.05) is 0 Å². The van der Waals surface area contributed by atoms with E-state index in [-0.39, 0.29) is 23.3 Å². The monoisotopic (exact) mass is 293 g/mol. The van der Waals surface area contributed by atoms with Gasteiger partial charge in [-0.15, -0.1) is 0 Å². The molecule has 0 atom stereocenters. The van der Waals surface area contributed by atoms with Crippen LogP contribution in [0.1, 0.15) is 0 Å². The van der Waals surface area contributed by atoms with E-state index in [0.29, 0.717) is 0 Å². The van der Waals surface area contributed by atoms with Crippen molar-refractivity contribution in [1.82, 2.24) is 29.7 Å². The highest BCUT2D eigenvalue weighted by Crippen LogP contribution is 2.21. The van der Waals surface area contributed by atoms with E-state index in [1.165, 1.54) is 17.3 Å². The maximum Gasteiger partial charge on any atom is 0.257 e. The number of aromatic nitrogens is 6. The number of hydrogen-bond donors (Lipinski definition) is 1. The number of anilines is 1. The Kier molecular flexibility index (Phi) is 2.97. The Balaban J connectivity index is 2.15. The molecule has 2 aromatic heterocycles. The third kappa shape index (κ3) is 2.38. The van der Waals surface area contributed by atoms with E-state index >= 15 is 0 Å². The molecule has 0 unspecified atom stereocenters. The van der Waals surface area contributed by atoms with Gasteiger partial charge in [-0.3, -0.25) is 0 Å². The van der Waals surface area contributed by atoms with E-state index in [4.69, 9.17) is 5.73 Å². The third-order valence-corrected chi connectivity index (χ3v) is 2.51. The van der Waals surface area contributed by atoms with Gasteiger partial charge < -0.3 is 5.73 Å². The van der Waals surface area contributed by atoms with Crippen molar-refractivity contribution in [1.29, 1.82) is 0 Å². The highest BCUT2D eigenvalue weighted by atomic mass is 19.2. The molecular weight excluding hydrogens is 287 g/mol. The van der Waals surface area contributed by atoms with E-state index in [1.54, 1.807) is 0 Å². The smallest absolute Gasteiger partial charge is 0.257 e. The van der Waals surface area contributed by atoms with Crippen LogP contribution < -0.4 is 5.73 Å². The summed E-state index contributed by atoms with van der Waals surface area (Å²) in [5.74, 6) is -4.57. The van der Waals surface area contributed by atoms with Gasteiger partial charge >= 0.3 is 0 Å². The average Bonchev–Trinajstić information content (AvgIpc) is 2.97. The molecule has 0 saturated carbocycles. The molecule has 0 saturated heterocycles. The minimum absolute atomic E-state index is 0.0140. The quantitative estimate of drug-likeness (QED) is 0.711. The highest BCUT2D eigenvalue weighted by Gasteiger charge is 2.15. The maximum absolute atomic E-state index is 13.3. The number of benzene rings is 1. The number of nitrogens with two attached hydrogens (primary N) is 1. The zero-order valence-corrected chi connectivity index (χ0v) is 10.2. The minimum atomic E-state index is -1.57. The highest BCUT2D eigenvalue weighted by molar-refractivity contribution is 5.56. The fourth-order valence-corrected chi connectivity index (χ4v) is 1.61. The first-order valence-corrected chi connectivity index (χ1v) is 5.56. The average molecular weight is 293 g/mol. The van der Waals surface area contributed by atoms with Crippen LogP contribution in [0.4, 0.5) is 19.1 Å². The van der Waals surface area contributed by atoms with Gasteiger partial charge in [-0.25, -0.2) is 18.2 Å². The normalized spacial score (nSPS) is 10.8. The van der Waals surface area contributed by atoms with E-state index in [1.807, 2.05) is 0 Å². The summed E-state index contributed by atoms with van der Waals surface area (Å²) in [6, 6.07) is 1.52. The standard InChI is InChI=1S/C11H6F3N7/c12-6-1-5(2-7(13)8(6)14)9-18-10(15)20-11(19-9)21-4-16-3-17-21/h1-4H,(H2,15,18,19,20). The van der Waals surface area contributed by atoms with Crippen LogP contribution in [0.15, 0.2) is 24.8 Å². The fraction of sp³-hybridized carbons (Fsp3) is 0. The van der Waals surface area contributed by atoms with Gasteiger partial charge in [-0.2, -0.15) is 24.7 Å². The summed E-state index contributed by atoms with van der Waals surface area (Å²) in [4.78, 5) is 15.3. The van der Waals surface area contributed by atoms with Crippen LogP contribution in [0.25, 0.3) is 17.3 Å². The van der Waals surface area contributed by atoms with Crippen molar-refractivity contribution in [3.05, 3.63) is 42.2 Å². The molecule has 0 fully saturated rings. The molecule has 0 aliphatic rings. The molecule has 0 bridgehead atoms. The lowest BCUT2D eigenvalue weighted by molar-refractivity contribution is 0.447. The predicted molar refractivity (Wildman–Crippen MR) is 64.5 cm³/mol. The van der Waals surface area contributed by atoms with E-state index in [9.17, 15) is 13.2 Å². The van der Waals surface area contributed by atoms with Gasteiger partial charge in [0.05, 0.1) is 0 Å². The van der Waals surface area contributed by atoms with Gasteiger partial charge in [0.15, 0.2) is 23.3 Å². The lowest BCUT2D eigenvalue weighted by Crippen LogP contribution is -2.08. The summed E-state index contributed by atoms with van der Waals surface area (Å²) in [6.45, 7) is 0. The summed E-state index contributed by atoms with van der Waals surface area (Å²) in [5.41, 5.74) is 5.44. The second kappa shape index (κ2) is 4.81.